The largest absolute Gasteiger partial charge is 0.447 e. The molecule has 0 aliphatic heterocycles. The van der Waals surface area contributed by atoms with Crippen LogP contribution >= 0.6 is 11.8 Å². The maximum atomic E-state index is 13.1. The fourth-order valence-corrected chi connectivity index (χ4v) is 2.01. The molecule has 0 unspecified atom stereocenters. The molecule has 0 aliphatic rings. The van der Waals surface area contributed by atoms with Crippen molar-refractivity contribution in [2.75, 3.05) is 13.1 Å². The fourth-order valence-electron chi connectivity index (χ4n) is 1.60. The Morgan fingerprint density at radius 2 is 2.33 bits per heavy atom. The monoisotopic (exact) mass is 353 g/mol. The summed E-state index contributed by atoms with van der Waals surface area (Å²) in [7, 11) is 0. The summed E-state index contributed by atoms with van der Waals surface area (Å²) in [5.41, 5.74) is 9.61. The molecule has 0 atom stereocenters. The molecule has 0 heterocycles. The summed E-state index contributed by atoms with van der Waals surface area (Å²) in [5.74, 6) is -0.311. The Morgan fingerprint density at radius 3 is 2.96 bits per heavy atom. The minimum absolute atomic E-state index is 0.0722. The normalized spacial score (nSPS) is 11.7. The highest BCUT2D eigenvalue weighted by Gasteiger charge is 2.08. The number of ether oxygens (including phenoxy) is 1. The summed E-state index contributed by atoms with van der Waals surface area (Å²) in [5, 5.41) is 14.8. The van der Waals surface area contributed by atoms with Gasteiger partial charge in [0.1, 0.15) is 23.2 Å². The smallest absolute Gasteiger partial charge is 0.182 e. The third kappa shape index (κ3) is 6.87. The molecule has 0 saturated carbocycles. The van der Waals surface area contributed by atoms with Crippen molar-refractivity contribution in [1.82, 2.24) is 10.6 Å². The van der Waals surface area contributed by atoms with Crippen molar-refractivity contribution in [1.29, 1.82) is 5.26 Å². The predicted molar refractivity (Wildman–Crippen MR) is 91.9 cm³/mol. The summed E-state index contributed by atoms with van der Waals surface area (Å²) < 4.78 is 18.6. The van der Waals surface area contributed by atoms with Crippen molar-refractivity contribution in [3.05, 3.63) is 40.9 Å². The Hall–Kier alpha value is -2.28. The first-order chi connectivity index (χ1) is 11.6. The van der Waals surface area contributed by atoms with Crippen LogP contribution in [0.3, 0.4) is 0 Å². The minimum Gasteiger partial charge on any atom is -0.447 e. The highest BCUT2D eigenvalue weighted by Crippen LogP contribution is 2.24. The van der Waals surface area contributed by atoms with E-state index in [1.54, 1.807) is 0 Å². The van der Waals surface area contributed by atoms with E-state index in [1.807, 2.05) is 18.0 Å². The Kier molecular flexibility index (Phi) is 9.29. The first-order valence-electron chi connectivity index (χ1n) is 7.29. The van der Waals surface area contributed by atoms with Gasteiger partial charge in [-0.2, -0.15) is 5.26 Å². The van der Waals surface area contributed by atoms with E-state index in [-0.39, 0.29) is 16.4 Å². The van der Waals surface area contributed by atoms with Gasteiger partial charge in [0.05, 0.1) is 5.56 Å². The molecule has 0 amide bonds. The van der Waals surface area contributed by atoms with Gasteiger partial charge in [-0.05, 0) is 36.4 Å². The van der Waals surface area contributed by atoms with Crippen LogP contribution in [0.5, 0.6) is 5.75 Å². The van der Waals surface area contributed by atoms with Gasteiger partial charge in [-0.25, -0.2) is 9.40 Å². The van der Waals surface area contributed by atoms with Crippen LogP contribution in [0, 0.1) is 17.1 Å². The van der Waals surface area contributed by atoms with Crippen LogP contribution in [-0.2, 0) is 4.94 Å². The SMILES string of the molecule is CCCN(CC)NO/N=C/S/C(=C\N)Oc1ccc(F)cc1C#N. The molecule has 7 nitrogen and oxygen atoms in total. The van der Waals surface area contributed by atoms with Crippen molar-refractivity contribution in [2.24, 2.45) is 10.9 Å². The van der Waals surface area contributed by atoms with Gasteiger partial charge in [0, 0.05) is 19.3 Å². The quantitative estimate of drug-likeness (QED) is 0.289. The topological polar surface area (TPSA) is 95.9 Å². The summed E-state index contributed by atoms with van der Waals surface area (Å²) in [6.07, 6.45) is 2.19. The number of thioether (sulfide) groups is 1. The number of nitrogens with zero attached hydrogens (tertiary/aromatic N) is 3. The maximum Gasteiger partial charge on any atom is 0.182 e. The van der Waals surface area contributed by atoms with E-state index in [2.05, 4.69) is 17.7 Å². The van der Waals surface area contributed by atoms with Gasteiger partial charge in [0.15, 0.2) is 5.09 Å². The number of benzene rings is 1. The van der Waals surface area contributed by atoms with Crippen molar-refractivity contribution < 1.29 is 14.1 Å². The van der Waals surface area contributed by atoms with Crippen molar-refractivity contribution in [3.63, 3.8) is 0 Å². The molecule has 0 radical (unpaired) electrons. The molecular weight excluding hydrogens is 333 g/mol. The molecule has 0 aromatic heterocycles. The number of nitriles is 1. The molecule has 3 N–H and O–H groups in total. The highest BCUT2D eigenvalue weighted by molar-refractivity contribution is 8.15. The van der Waals surface area contributed by atoms with Gasteiger partial charge in [-0.3, -0.25) is 4.94 Å². The van der Waals surface area contributed by atoms with Crippen LogP contribution in [0.4, 0.5) is 4.39 Å². The number of hydrazine groups is 1. The molecule has 0 aliphatic carbocycles. The molecule has 130 valence electrons. The number of nitrogens with two attached hydrogens (primary N) is 1. The summed E-state index contributed by atoms with van der Waals surface area (Å²) in [6.45, 7) is 5.65. The van der Waals surface area contributed by atoms with Crippen molar-refractivity contribution in [2.45, 2.75) is 20.3 Å². The average molecular weight is 353 g/mol. The number of nitrogens with one attached hydrogen (secondary N) is 1. The van der Waals surface area contributed by atoms with Crippen LogP contribution in [0.2, 0.25) is 0 Å². The number of halogens is 1. The van der Waals surface area contributed by atoms with E-state index in [0.29, 0.717) is 0 Å². The van der Waals surface area contributed by atoms with Gasteiger partial charge in [0.25, 0.3) is 0 Å². The lowest BCUT2D eigenvalue weighted by Crippen LogP contribution is -2.37. The van der Waals surface area contributed by atoms with E-state index in [0.717, 1.165) is 37.3 Å². The second-order valence-corrected chi connectivity index (χ2v) is 5.28. The van der Waals surface area contributed by atoms with E-state index in [1.165, 1.54) is 23.9 Å². The molecule has 0 bridgehead atoms. The van der Waals surface area contributed by atoms with Crippen LogP contribution in [0.1, 0.15) is 25.8 Å². The van der Waals surface area contributed by atoms with Gasteiger partial charge in [-0.15, -0.1) is 0 Å². The Labute approximate surface area is 144 Å². The first kappa shape index (κ1) is 19.8. The highest BCUT2D eigenvalue weighted by atomic mass is 32.2. The second-order valence-electron chi connectivity index (χ2n) is 4.43. The minimum atomic E-state index is -0.515. The van der Waals surface area contributed by atoms with E-state index in [4.69, 9.17) is 20.7 Å². The molecule has 0 spiro atoms. The van der Waals surface area contributed by atoms with Crippen LogP contribution in [-0.4, -0.2) is 23.6 Å². The second kappa shape index (κ2) is 11.3. The molecule has 0 saturated heterocycles. The van der Waals surface area contributed by atoms with Gasteiger partial charge in [-0.1, -0.05) is 24.6 Å². The third-order valence-electron chi connectivity index (χ3n) is 2.72. The van der Waals surface area contributed by atoms with Crippen LogP contribution in [0.15, 0.2) is 34.6 Å². The number of rotatable bonds is 10. The molecule has 1 aromatic carbocycles. The zero-order chi connectivity index (χ0) is 17.8. The Morgan fingerprint density at radius 1 is 1.54 bits per heavy atom. The lowest BCUT2D eigenvalue weighted by molar-refractivity contribution is -0.0789. The lowest BCUT2D eigenvalue weighted by atomic mass is 10.2. The van der Waals surface area contributed by atoms with E-state index >= 15 is 0 Å². The molecular formula is C15H20FN5O2S. The number of hydrogen-bond acceptors (Lipinski definition) is 8. The Bertz CT molecular complexity index is 618. The van der Waals surface area contributed by atoms with Crippen molar-refractivity contribution in [3.8, 4) is 11.8 Å². The maximum absolute atomic E-state index is 13.1. The van der Waals surface area contributed by atoms with Gasteiger partial charge < -0.3 is 10.5 Å². The standard InChI is InChI=1S/C15H20FN5O2S/c1-3-7-21(4-2)20-23-19-11-24-15(10-18)22-14-6-5-13(16)8-12(14)9-17/h5-6,8,10-11,20H,3-4,7,18H2,1-2H3/b15-10-,19-11+. The van der Waals surface area contributed by atoms with E-state index < -0.39 is 5.82 Å². The van der Waals surface area contributed by atoms with Gasteiger partial charge in [0.2, 0.25) is 0 Å². The zero-order valence-electron chi connectivity index (χ0n) is 13.5. The molecule has 1 rings (SSSR count). The molecule has 9 heteroatoms. The Balaban J connectivity index is 2.52. The fraction of sp³-hybridized carbons (Fsp3) is 0.333. The van der Waals surface area contributed by atoms with Crippen molar-refractivity contribution >= 4 is 17.3 Å². The number of oxime groups is 1. The summed E-state index contributed by atoms with van der Waals surface area (Å²) in [4.78, 5) is 4.94. The first-order valence-corrected chi connectivity index (χ1v) is 8.17. The van der Waals surface area contributed by atoms with Crippen LogP contribution < -0.4 is 16.1 Å². The molecule has 24 heavy (non-hydrogen) atoms. The van der Waals surface area contributed by atoms with E-state index in [9.17, 15) is 4.39 Å². The molecule has 0 fully saturated rings. The molecule has 1 aromatic rings. The van der Waals surface area contributed by atoms with Gasteiger partial charge >= 0.3 is 0 Å². The summed E-state index contributed by atoms with van der Waals surface area (Å²) >= 11 is 1.05. The lowest BCUT2D eigenvalue weighted by Gasteiger charge is -2.17. The zero-order valence-corrected chi connectivity index (χ0v) is 14.3. The summed E-state index contributed by atoms with van der Waals surface area (Å²) in [6, 6.07) is 5.50. The number of hydrogen-bond donors (Lipinski definition) is 2. The third-order valence-corrected chi connectivity index (χ3v) is 3.36. The predicted octanol–water partition coefficient (Wildman–Crippen LogP) is 2.68. The van der Waals surface area contributed by atoms with Crippen LogP contribution in [0.25, 0.3) is 0 Å². The average Bonchev–Trinajstić information content (AvgIpc) is 2.60.